The van der Waals surface area contributed by atoms with Crippen LogP contribution in [0.4, 0.5) is 0 Å². The van der Waals surface area contributed by atoms with Gasteiger partial charge in [0.1, 0.15) is 5.28 Å². The number of rotatable bonds is 1. The zero-order chi connectivity index (χ0) is 10.4. The van der Waals surface area contributed by atoms with E-state index < -0.39 is 12.9 Å². The largest absolute Gasteiger partial charge is 0.349 e. The van der Waals surface area contributed by atoms with Gasteiger partial charge >= 0.3 is 7.60 Å². The number of aryl methyl sites for hydroxylation is 1. The van der Waals surface area contributed by atoms with Gasteiger partial charge in [-0.25, -0.2) is 0 Å². The smallest absolute Gasteiger partial charge is 0.323 e. The van der Waals surface area contributed by atoms with E-state index in [0.717, 1.165) is 5.56 Å². The van der Waals surface area contributed by atoms with Crippen molar-refractivity contribution in [3.63, 3.8) is 0 Å². The Kier molecular flexibility index (Phi) is 2.05. The van der Waals surface area contributed by atoms with Crippen LogP contribution in [0.1, 0.15) is 17.5 Å². The summed E-state index contributed by atoms with van der Waals surface area (Å²) in [5, 5.41) is -1.47. The van der Waals surface area contributed by atoms with Gasteiger partial charge in [0.05, 0.1) is 0 Å². The molecule has 0 fully saturated rings. The van der Waals surface area contributed by atoms with Gasteiger partial charge in [-0.3, -0.25) is 4.57 Å². The van der Waals surface area contributed by atoms with E-state index in [9.17, 15) is 14.4 Å². The van der Waals surface area contributed by atoms with Crippen LogP contribution < -0.4 is 5.73 Å². The van der Waals surface area contributed by atoms with Gasteiger partial charge in [0.2, 0.25) is 0 Å². The highest BCUT2D eigenvalue weighted by Gasteiger charge is 2.48. The number of nitrogens with two attached hydrogens (primary N) is 1. The molecule has 1 aliphatic rings. The summed E-state index contributed by atoms with van der Waals surface area (Å²) in [7, 11) is -4.28. The Hall–Kier alpha value is -0.670. The average Bonchev–Trinajstić information content (AvgIpc) is 2.45. The van der Waals surface area contributed by atoms with Gasteiger partial charge in [-0.1, -0.05) is 24.3 Å². The highest BCUT2D eigenvalue weighted by atomic mass is 31.2. The van der Waals surface area contributed by atoms with Crippen molar-refractivity contribution in [2.24, 2.45) is 5.73 Å². The van der Waals surface area contributed by atoms with Crippen LogP contribution in [0.5, 0.6) is 0 Å². The minimum absolute atomic E-state index is 0.316. The normalized spacial score (nSPS) is 26.2. The summed E-state index contributed by atoms with van der Waals surface area (Å²) >= 11 is 0. The molecule has 1 atom stereocenters. The van der Waals surface area contributed by atoms with Crippen molar-refractivity contribution >= 4 is 7.60 Å². The number of benzene rings is 1. The first-order valence-electron chi connectivity index (χ1n) is 4.38. The Labute approximate surface area is 81.9 Å². The van der Waals surface area contributed by atoms with E-state index in [1.807, 2.05) is 12.1 Å². The first-order valence-corrected chi connectivity index (χ1v) is 5.99. The van der Waals surface area contributed by atoms with Crippen LogP contribution in [0, 0.1) is 0 Å². The molecule has 4 nitrogen and oxygen atoms in total. The summed E-state index contributed by atoms with van der Waals surface area (Å²) in [4.78, 5) is 18.4. The molecule has 0 amide bonds. The summed E-state index contributed by atoms with van der Waals surface area (Å²) in [5.41, 5.74) is 7.32. The standard InChI is InChI=1S/C9H12NO3P/c10-9(14(11,12)13)6-5-7-3-1-2-4-8(7)9/h1-4H,5-6,10H2,(H2,11,12,13). The van der Waals surface area contributed by atoms with Crippen LogP contribution in [0.25, 0.3) is 0 Å². The summed E-state index contributed by atoms with van der Waals surface area (Å²) in [6.07, 6.45) is 0.953. The highest BCUT2D eigenvalue weighted by Crippen LogP contribution is 2.59. The molecule has 0 bridgehead atoms. The van der Waals surface area contributed by atoms with Crippen molar-refractivity contribution in [2.45, 2.75) is 18.1 Å². The molecule has 1 aromatic rings. The van der Waals surface area contributed by atoms with Crippen molar-refractivity contribution in [2.75, 3.05) is 0 Å². The van der Waals surface area contributed by atoms with Gasteiger partial charge in [0, 0.05) is 0 Å². The van der Waals surface area contributed by atoms with Gasteiger partial charge in [-0.2, -0.15) is 0 Å². The van der Waals surface area contributed by atoms with E-state index in [2.05, 4.69) is 0 Å². The molecule has 1 unspecified atom stereocenters. The highest BCUT2D eigenvalue weighted by molar-refractivity contribution is 7.53. The Morgan fingerprint density at radius 1 is 1.36 bits per heavy atom. The van der Waals surface area contributed by atoms with E-state index in [1.54, 1.807) is 12.1 Å². The fourth-order valence-electron chi connectivity index (χ4n) is 1.92. The second-order valence-electron chi connectivity index (χ2n) is 3.63. The van der Waals surface area contributed by atoms with Gasteiger partial charge in [-0.05, 0) is 24.0 Å². The Balaban J connectivity index is 2.59. The van der Waals surface area contributed by atoms with Gasteiger partial charge in [0.25, 0.3) is 0 Å². The minimum atomic E-state index is -4.28. The summed E-state index contributed by atoms with van der Waals surface area (Å²) in [5.74, 6) is 0. The molecular formula is C9H12NO3P. The lowest BCUT2D eigenvalue weighted by Gasteiger charge is -2.26. The third-order valence-electron chi connectivity index (χ3n) is 2.78. The molecule has 14 heavy (non-hydrogen) atoms. The lowest BCUT2D eigenvalue weighted by molar-refractivity contribution is 0.325. The molecule has 1 aliphatic carbocycles. The first-order chi connectivity index (χ1) is 6.45. The van der Waals surface area contributed by atoms with Crippen molar-refractivity contribution in [3.8, 4) is 0 Å². The maximum absolute atomic E-state index is 11.3. The molecule has 0 heterocycles. The van der Waals surface area contributed by atoms with Gasteiger partial charge < -0.3 is 15.5 Å². The quantitative estimate of drug-likeness (QED) is 0.606. The van der Waals surface area contributed by atoms with Gasteiger partial charge in [-0.15, -0.1) is 0 Å². The zero-order valence-corrected chi connectivity index (χ0v) is 8.45. The van der Waals surface area contributed by atoms with Crippen molar-refractivity contribution in [3.05, 3.63) is 35.4 Å². The van der Waals surface area contributed by atoms with Gasteiger partial charge in [0.15, 0.2) is 0 Å². The second-order valence-corrected chi connectivity index (χ2v) is 5.51. The molecule has 0 spiro atoms. The predicted molar refractivity (Wildman–Crippen MR) is 52.7 cm³/mol. The molecular weight excluding hydrogens is 201 g/mol. The van der Waals surface area contributed by atoms with Crippen LogP contribution in [0.3, 0.4) is 0 Å². The van der Waals surface area contributed by atoms with Crippen molar-refractivity contribution in [1.82, 2.24) is 0 Å². The third-order valence-corrected chi connectivity index (χ3v) is 4.28. The van der Waals surface area contributed by atoms with Crippen LogP contribution >= 0.6 is 7.60 Å². The minimum Gasteiger partial charge on any atom is -0.323 e. The predicted octanol–water partition coefficient (Wildman–Crippen LogP) is 0.922. The molecule has 0 saturated carbocycles. The topological polar surface area (TPSA) is 83.6 Å². The fraction of sp³-hybridized carbons (Fsp3) is 0.333. The van der Waals surface area contributed by atoms with E-state index in [0.29, 0.717) is 18.4 Å². The third kappa shape index (κ3) is 1.23. The van der Waals surface area contributed by atoms with E-state index in [-0.39, 0.29) is 0 Å². The summed E-state index contributed by atoms with van der Waals surface area (Å²) < 4.78 is 11.3. The monoisotopic (exact) mass is 213 g/mol. The molecule has 0 aromatic heterocycles. The average molecular weight is 213 g/mol. The maximum Gasteiger partial charge on any atom is 0.349 e. The fourth-order valence-corrected chi connectivity index (χ4v) is 2.86. The Morgan fingerprint density at radius 2 is 2.00 bits per heavy atom. The molecule has 0 saturated heterocycles. The van der Waals surface area contributed by atoms with Crippen LogP contribution in [-0.2, 0) is 16.3 Å². The Bertz CT molecular complexity index is 414. The molecule has 0 aliphatic heterocycles. The van der Waals surface area contributed by atoms with Crippen LogP contribution in [0.15, 0.2) is 24.3 Å². The lowest BCUT2D eigenvalue weighted by atomic mass is 10.1. The van der Waals surface area contributed by atoms with Crippen molar-refractivity contribution < 1.29 is 14.4 Å². The van der Waals surface area contributed by atoms with Crippen LogP contribution in [-0.4, -0.2) is 9.79 Å². The van der Waals surface area contributed by atoms with Crippen LogP contribution in [0.2, 0.25) is 0 Å². The number of hydrogen-bond acceptors (Lipinski definition) is 2. The lowest BCUT2D eigenvalue weighted by Crippen LogP contribution is -2.33. The molecule has 2 rings (SSSR count). The van der Waals surface area contributed by atoms with E-state index in [1.165, 1.54) is 0 Å². The first kappa shape index (κ1) is 9.87. The van der Waals surface area contributed by atoms with Crippen molar-refractivity contribution in [1.29, 1.82) is 0 Å². The van der Waals surface area contributed by atoms with E-state index >= 15 is 0 Å². The summed E-state index contributed by atoms with van der Waals surface area (Å²) in [6.45, 7) is 0. The zero-order valence-electron chi connectivity index (χ0n) is 7.55. The second kappa shape index (κ2) is 2.91. The Morgan fingerprint density at radius 3 is 2.64 bits per heavy atom. The maximum atomic E-state index is 11.3. The molecule has 4 N–H and O–H groups in total. The number of fused-ring (bicyclic) bond motifs is 1. The SMILES string of the molecule is NC1(P(=O)(O)O)CCc2ccccc21. The number of hydrogen-bond donors (Lipinski definition) is 3. The summed E-state index contributed by atoms with van der Waals surface area (Å²) in [6, 6.07) is 7.16. The molecule has 76 valence electrons. The van der Waals surface area contributed by atoms with E-state index in [4.69, 9.17) is 5.73 Å². The molecule has 5 heteroatoms. The molecule has 1 aromatic carbocycles. The molecule has 0 radical (unpaired) electrons.